The van der Waals surface area contributed by atoms with E-state index in [1.54, 1.807) is 0 Å². The third kappa shape index (κ3) is 11.8. The molecule has 0 aliphatic heterocycles. The van der Waals surface area contributed by atoms with Crippen LogP contribution in [-0.2, 0) is 0 Å². The van der Waals surface area contributed by atoms with Crippen molar-refractivity contribution in [2.75, 3.05) is 14.7 Å². The van der Waals surface area contributed by atoms with Crippen LogP contribution in [-0.4, -0.2) is 0 Å². The van der Waals surface area contributed by atoms with Gasteiger partial charge in [-0.3, -0.25) is 0 Å². The second kappa shape index (κ2) is 28.7. The molecule has 119 heavy (non-hydrogen) atoms. The zero-order chi connectivity index (χ0) is 78.4. The van der Waals surface area contributed by atoms with E-state index in [-0.39, 0.29) is 0 Å². The van der Waals surface area contributed by atoms with E-state index in [9.17, 15) is 0 Å². The van der Waals surface area contributed by atoms with E-state index < -0.39 is 0 Å². The van der Waals surface area contributed by atoms with Crippen LogP contribution in [0.3, 0.4) is 0 Å². The Balaban J connectivity index is 0.000000105. The van der Waals surface area contributed by atoms with Gasteiger partial charge < -0.3 is 14.7 Å². The van der Waals surface area contributed by atoms with Crippen LogP contribution in [0, 0.1) is 0 Å². The zero-order valence-electron chi connectivity index (χ0n) is 65.1. The molecule has 3 heteroatoms. The Bertz CT molecular complexity index is 7740. The minimum absolute atomic E-state index is 1.15. The first-order chi connectivity index (χ1) is 59.0. The molecule has 554 valence electrons. The Morgan fingerprint density at radius 3 is 0.739 bits per heavy atom. The maximum Gasteiger partial charge on any atom is 0.0546 e. The number of hydrogen-bond acceptors (Lipinski definition) is 3. The second-order valence-electron chi connectivity index (χ2n) is 31.3. The number of anilines is 9. The van der Waals surface area contributed by atoms with Gasteiger partial charge in [-0.15, -0.1) is 0 Å². The van der Waals surface area contributed by atoms with Crippen molar-refractivity contribution in [3.8, 4) is 22.3 Å². The summed E-state index contributed by atoms with van der Waals surface area (Å²) in [5.41, 5.74) is 15.8. The summed E-state index contributed by atoms with van der Waals surface area (Å²) in [6.07, 6.45) is 0. The Kier molecular flexibility index (Phi) is 16.6. The first-order valence-electron chi connectivity index (χ1n) is 41.1. The lowest BCUT2D eigenvalue weighted by Gasteiger charge is -2.30. The highest BCUT2D eigenvalue weighted by atomic mass is 15.2. The van der Waals surface area contributed by atoms with Crippen molar-refractivity contribution in [3.05, 3.63) is 455 Å². The highest BCUT2D eigenvalue weighted by Crippen LogP contribution is 2.54. The summed E-state index contributed by atoms with van der Waals surface area (Å²) in [6, 6.07) is 166. The van der Waals surface area contributed by atoms with Crippen LogP contribution in [0.5, 0.6) is 0 Å². The summed E-state index contributed by atoms with van der Waals surface area (Å²) in [5, 5.41) is 35.3. The molecule has 0 N–H and O–H groups in total. The van der Waals surface area contributed by atoms with Crippen molar-refractivity contribution >= 4 is 202 Å². The van der Waals surface area contributed by atoms with E-state index in [4.69, 9.17) is 0 Å². The molecule has 0 atom stereocenters. The van der Waals surface area contributed by atoms with Gasteiger partial charge in [-0.1, -0.05) is 370 Å². The fourth-order valence-electron chi connectivity index (χ4n) is 19.2. The summed E-state index contributed by atoms with van der Waals surface area (Å²) >= 11 is 0. The average molecular weight is 1510 g/mol. The topological polar surface area (TPSA) is 9.72 Å². The quantitative estimate of drug-likeness (QED) is 0.133. The lowest BCUT2D eigenvalue weighted by molar-refractivity contribution is 1.30. The third-order valence-corrected chi connectivity index (χ3v) is 24.7. The second-order valence-corrected chi connectivity index (χ2v) is 31.3. The summed E-state index contributed by atoms with van der Waals surface area (Å²) in [6.45, 7) is 0. The normalized spacial score (nSPS) is 11.7. The Morgan fingerprint density at radius 1 is 0.109 bits per heavy atom. The fraction of sp³-hybridized carbons (Fsp3) is 0. The fourth-order valence-corrected chi connectivity index (χ4v) is 19.2. The van der Waals surface area contributed by atoms with E-state index in [1.807, 2.05) is 0 Å². The van der Waals surface area contributed by atoms with Crippen molar-refractivity contribution < 1.29 is 0 Å². The number of rotatable bonds is 9. The Labute approximate surface area is 689 Å². The molecule has 0 amide bonds. The van der Waals surface area contributed by atoms with E-state index in [2.05, 4.69) is 470 Å². The van der Waals surface area contributed by atoms with Crippen molar-refractivity contribution in [3.63, 3.8) is 0 Å². The highest BCUT2D eigenvalue weighted by Gasteiger charge is 2.28. The monoisotopic (exact) mass is 1510 g/mol. The van der Waals surface area contributed by atoms with Gasteiger partial charge in [0.1, 0.15) is 0 Å². The number of hydrogen-bond donors (Lipinski definition) is 0. The van der Waals surface area contributed by atoms with Gasteiger partial charge >= 0.3 is 0 Å². The van der Waals surface area contributed by atoms with E-state index in [0.717, 1.165) is 28.4 Å². The minimum Gasteiger partial charge on any atom is -0.310 e. The number of nitrogens with zero attached hydrogens (tertiary/aromatic N) is 3. The molecule has 0 bridgehead atoms. The summed E-state index contributed by atoms with van der Waals surface area (Å²) in [5.74, 6) is 0. The van der Waals surface area contributed by atoms with Gasteiger partial charge in [-0.25, -0.2) is 0 Å². The largest absolute Gasteiger partial charge is 0.310 e. The summed E-state index contributed by atoms with van der Waals surface area (Å²) < 4.78 is 0. The number of fused-ring (bicyclic) bond motifs is 22. The molecule has 0 aromatic heterocycles. The molecule has 1 aliphatic rings. The molecular weight excluding hydrogens is 1440 g/mol. The third-order valence-electron chi connectivity index (χ3n) is 24.7. The molecule has 3 nitrogen and oxygen atoms in total. The molecule has 0 saturated carbocycles. The molecule has 1 aliphatic carbocycles. The predicted molar refractivity (Wildman–Crippen MR) is 513 cm³/mol. The lowest BCUT2D eigenvalue weighted by Crippen LogP contribution is -2.12. The predicted octanol–water partition coefficient (Wildman–Crippen LogP) is 33.3. The SMILES string of the molecule is c1ccc2c(c1)-c1cccc3c(N(c4ccc5ccccc5c4)c4ccc5ccccc5c4)ccc-2c13.c1ccc2c(c1)cc(N(c1cc3ccccc3c3ccccc13)c1cc3ccccc3c3ccccc13)c1ccccc12.c1ccc2cc(N(c3ccc4ccccc4c3)c3ccc4c5ccccc5c5ccccc5c4c3)ccc2c1. The van der Waals surface area contributed by atoms with Crippen LogP contribution in [0.2, 0.25) is 0 Å². The molecule has 0 radical (unpaired) electrons. The molecule has 24 aromatic rings. The molecule has 24 aromatic carbocycles. The first-order valence-corrected chi connectivity index (χ1v) is 41.1. The smallest absolute Gasteiger partial charge is 0.0546 e. The maximum atomic E-state index is 2.53. The van der Waals surface area contributed by atoms with Crippen LogP contribution < -0.4 is 14.7 Å². The van der Waals surface area contributed by atoms with Crippen LogP contribution in [0.25, 0.3) is 173 Å². The molecule has 0 spiro atoms. The van der Waals surface area contributed by atoms with Crippen LogP contribution >= 0.6 is 0 Å². The molecule has 0 saturated heterocycles. The highest BCUT2D eigenvalue weighted by molar-refractivity contribution is 6.27. The van der Waals surface area contributed by atoms with E-state index in [0.29, 0.717) is 0 Å². The lowest BCUT2D eigenvalue weighted by atomic mass is 9.94. The molecular formula is C116H75N3. The van der Waals surface area contributed by atoms with E-state index >= 15 is 0 Å². The average Bonchev–Trinajstić information content (AvgIpc) is 1.72. The Morgan fingerprint density at radius 2 is 0.361 bits per heavy atom. The van der Waals surface area contributed by atoms with Crippen LogP contribution in [0.15, 0.2) is 455 Å². The van der Waals surface area contributed by atoms with Gasteiger partial charge in [-0.05, 0) is 236 Å². The number of benzene rings is 24. The van der Waals surface area contributed by atoms with Gasteiger partial charge in [0.2, 0.25) is 0 Å². The van der Waals surface area contributed by atoms with E-state index in [1.165, 1.54) is 196 Å². The van der Waals surface area contributed by atoms with Crippen molar-refractivity contribution in [1.82, 2.24) is 0 Å². The van der Waals surface area contributed by atoms with Gasteiger partial charge in [0.15, 0.2) is 0 Å². The standard InChI is InChI=1S/C42H27N.C38H25N.C36H23N/c1-4-16-31-28(13-1)25-40(37-22-10-7-19-34(31)37)43(41-26-29-14-2-5-17-32(29)35-20-8-11-23-38(35)41)42-27-30-15-3-6-18-33(30)36-21-9-12-24-39(36)42;1-3-11-28-23-30(19-17-26(28)9-1)39(31-20-18-27-10-2-4-12-29(27)24-31)32-21-22-37-35-15-6-5-13-33(35)34-14-7-8-16-36(34)38(37)25-32;1-3-10-26-22-28(18-16-24(26)8-1)37(29-19-17-25-9-2-4-11-27(25)23-29)35-21-20-33-31-13-6-5-12-30(31)32-14-7-15-34(35)36(32)33/h1-27H;1-25H;1-23H. The van der Waals surface area contributed by atoms with Crippen LogP contribution in [0.4, 0.5) is 51.2 Å². The van der Waals surface area contributed by atoms with Gasteiger partial charge in [0.05, 0.1) is 22.7 Å². The summed E-state index contributed by atoms with van der Waals surface area (Å²) in [4.78, 5) is 7.34. The first kappa shape index (κ1) is 68.9. The van der Waals surface area contributed by atoms with Crippen LogP contribution in [0.1, 0.15) is 0 Å². The van der Waals surface area contributed by atoms with Crippen molar-refractivity contribution in [2.45, 2.75) is 0 Å². The molecule has 0 fully saturated rings. The van der Waals surface area contributed by atoms with Gasteiger partial charge in [0, 0.05) is 50.0 Å². The summed E-state index contributed by atoms with van der Waals surface area (Å²) in [7, 11) is 0. The minimum atomic E-state index is 1.15. The molecule has 25 rings (SSSR count). The zero-order valence-corrected chi connectivity index (χ0v) is 65.1. The van der Waals surface area contributed by atoms with Gasteiger partial charge in [0.25, 0.3) is 0 Å². The van der Waals surface area contributed by atoms with Gasteiger partial charge in [-0.2, -0.15) is 0 Å². The Hall–Kier alpha value is -15.7. The van der Waals surface area contributed by atoms with Crippen molar-refractivity contribution in [2.24, 2.45) is 0 Å². The van der Waals surface area contributed by atoms with Crippen molar-refractivity contribution in [1.29, 1.82) is 0 Å². The molecule has 0 heterocycles. The maximum absolute atomic E-state index is 2.53. The molecule has 0 unspecified atom stereocenters.